The maximum absolute atomic E-state index is 12.3. The third kappa shape index (κ3) is 4.74. The fraction of sp³-hybridized carbons (Fsp3) is 0.318. The molecule has 1 saturated carbocycles. The minimum Gasteiger partial charge on any atom is -0.384 e. The average molecular weight is 391 g/mol. The lowest BCUT2D eigenvalue weighted by molar-refractivity contribution is -0.116. The number of likely N-dealkylation sites (tertiary alicyclic amines) is 1. The normalized spacial score (nSPS) is 22.3. The summed E-state index contributed by atoms with van der Waals surface area (Å²) in [4.78, 5) is 30.2. The topological polar surface area (TPSA) is 100 Å². The second kappa shape index (κ2) is 8.34. The largest absolute Gasteiger partial charge is 0.384 e. The van der Waals surface area contributed by atoms with Gasteiger partial charge in [-0.2, -0.15) is 0 Å². The lowest BCUT2D eigenvalue weighted by atomic mass is 10.2. The molecule has 2 aromatic rings. The number of fused-ring (bicyclic) bond motifs is 1. The highest BCUT2D eigenvalue weighted by atomic mass is 16.2. The number of nitrogens with two attached hydrogens (primary N) is 1. The minimum atomic E-state index is -0.114. The molecule has 1 saturated heterocycles. The number of carbonyl (C=O) groups is 2. The Morgan fingerprint density at radius 2 is 1.90 bits per heavy atom. The third-order valence-electron chi connectivity index (χ3n) is 5.70. The maximum Gasteiger partial charge on any atom is 0.321 e. The first-order valence-electron chi connectivity index (χ1n) is 9.88. The number of benzene rings is 1. The standard InChI is InChI=1S/C22H25N5O2/c23-20-8-6-15(12-25-20)7-9-21(28)24-11-10-17-18-13-27(14-19(17)18)22(29)26-16-4-2-1-3-5-16/h1-9,12,17-19H,10-11,13-14H2,(H2,23,25)(H,24,28)(H,26,29)/b9-7+. The molecule has 7 nitrogen and oxygen atoms in total. The van der Waals surface area contributed by atoms with Gasteiger partial charge in [0, 0.05) is 37.6 Å². The average Bonchev–Trinajstić information content (AvgIpc) is 3.17. The summed E-state index contributed by atoms with van der Waals surface area (Å²) in [6, 6.07) is 13.0. The molecule has 1 aromatic heterocycles. The number of hydrogen-bond acceptors (Lipinski definition) is 4. The first-order valence-corrected chi connectivity index (χ1v) is 9.88. The number of anilines is 2. The number of hydrogen-bond donors (Lipinski definition) is 3. The van der Waals surface area contributed by atoms with Crippen molar-refractivity contribution in [2.45, 2.75) is 6.42 Å². The molecule has 1 aliphatic carbocycles. The monoisotopic (exact) mass is 391 g/mol. The van der Waals surface area contributed by atoms with Crippen LogP contribution < -0.4 is 16.4 Å². The Bertz CT molecular complexity index is 885. The first-order chi connectivity index (χ1) is 14.1. The van der Waals surface area contributed by atoms with Crippen molar-refractivity contribution < 1.29 is 9.59 Å². The molecular weight excluding hydrogens is 366 g/mol. The summed E-state index contributed by atoms with van der Waals surface area (Å²) in [7, 11) is 0. The van der Waals surface area contributed by atoms with Crippen LogP contribution in [0.3, 0.4) is 0 Å². The Balaban J connectivity index is 1.14. The molecule has 4 rings (SSSR count). The van der Waals surface area contributed by atoms with Crippen molar-refractivity contribution >= 4 is 29.5 Å². The van der Waals surface area contributed by atoms with Crippen LogP contribution in [-0.2, 0) is 4.79 Å². The van der Waals surface area contributed by atoms with Crippen LogP contribution in [0.4, 0.5) is 16.3 Å². The molecule has 2 unspecified atom stereocenters. The highest BCUT2D eigenvalue weighted by Crippen LogP contribution is 2.53. The lowest BCUT2D eigenvalue weighted by Crippen LogP contribution is -2.35. The first kappa shape index (κ1) is 19.0. The summed E-state index contributed by atoms with van der Waals surface area (Å²) >= 11 is 0. The predicted molar refractivity (Wildman–Crippen MR) is 113 cm³/mol. The molecule has 2 atom stereocenters. The third-order valence-corrected chi connectivity index (χ3v) is 5.70. The van der Waals surface area contributed by atoms with E-state index in [0.717, 1.165) is 30.8 Å². The van der Waals surface area contributed by atoms with Gasteiger partial charge in [-0.25, -0.2) is 9.78 Å². The van der Waals surface area contributed by atoms with Crippen LogP contribution >= 0.6 is 0 Å². The van der Waals surface area contributed by atoms with Gasteiger partial charge in [0.25, 0.3) is 0 Å². The number of nitrogens with zero attached hydrogens (tertiary/aromatic N) is 2. The smallest absolute Gasteiger partial charge is 0.321 e. The minimum absolute atomic E-state index is 0.0299. The van der Waals surface area contributed by atoms with Crippen molar-refractivity contribution in [3.8, 4) is 0 Å². The van der Waals surface area contributed by atoms with E-state index in [1.165, 1.54) is 6.08 Å². The summed E-state index contributed by atoms with van der Waals surface area (Å²) in [5.41, 5.74) is 7.19. The van der Waals surface area contributed by atoms with Crippen molar-refractivity contribution in [1.29, 1.82) is 0 Å². The van der Waals surface area contributed by atoms with Crippen LogP contribution in [0, 0.1) is 17.8 Å². The molecule has 2 aliphatic rings. The van der Waals surface area contributed by atoms with E-state index in [0.29, 0.717) is 30.1 Å². The van der Waals surface area contributed by atoms with Gasteiger partial charge in [-0.05, 0) is 60.1 Å². The molecular formula is C22H25N5O2. The van der Waals surface area contributed by atoms with E-state index >= 15 is 0 Å². The van der Waals surface area contributed by atoms with E-state index in [9.17, 15) is 9.59 Å². The van der Waals surface area contributed by atoms with E-state index in [-0.39, 0.29) is 11.9 Å². The number of para-hydroxylation sites is 1. The zero-order valence-electron chi connectivity index (χ0n) is 16.1. The van der Waals surface area contributed by atoms with Gasteiger partial charge in [0.1, 0.15) is 5.82 Å². The number of carbonyl (C=O) groups excluding carboxylic acids is 2. The Morgan fingerprint density at radius 3 is 2.59 bits per heavy atom. The molecule has 0 bridgehead atoms. The number of urea groups is 1. The van der Waals surface area contributed by atoms with Crippen molar-refractivity contribution in [2.75, 3.05) is 30.7 Å². The van der Waals surface area contributed by atoms with Gasteiger partial charge >= 0.3 is 6.03 Å². The molecule has 7 heteroatoms. The second-order valence-electron chi connectivity index (χ2n) is 7.62. The molecule has 150 valence electrons. The van der Waals surface area contributed by atoms with Crippen LogP contribution in [0.5, 0.6) is 0 Å². The van der Waals surface area contributed by atoms with Crippen LogP contribution in [0.15, 0.2) is 54.7 Å². The zero-order valence-corrected chi connectivity index (χ0v) is 16.1. The van der Waals surface area contributed by atoms with E-state index in [1.54, 1.807) is 18.3 Å². The summed E-state index contributed by atoms with van der Waals surface area (Å²) in [6.07, 6.45) is 5.81. The number of rotatable bonds is 6. The van der Waals surface area contributed by atoms with Crippen LogP contribution in [-0.4, -0.2) is 41.5 Å². The van der Waals surface area contributed by atoms with Gasteiger partial charge in [-0.1, -0.05) is 18.2 Å². The quantitative estimate of drug-likeness (QED) is 0.659. The fourth-order valence-corrected chi connectivity index (χ4v) is 4.08. The SMILES string of the molecule is Nc1ccc(/C=C/C(=O)NCCC2C3CN(C(=O)Nc4ccccc4)CC23)cn1. The maximum atomic E-state index is 12.3. The molecule has 29 heavy (non-hydrogen) atoms. The van der Waals surface area contributed by atoms with Crippen LogP contribution in [0.2, 0.25) is 0 Å². The molecule has 2 fully saturated rings. The van der Waals surface area contributed by atoms with Crippen molar-refractivity contribution in [3.63, 3.8) is 0 Å². The second-order valence-corrected chi connectivity index (χ2v) is 7.62. The lowest BCUT2D eigenvalue weighted by Gasteiger charge is -2.20. The summed E-state index contributed by atoms with van der Waals surface area (Å²) < 4.78 is 0. The van der Waals surface area contributed by atoms with E-state index in [4.69, 9.17) is 5.73 Å². The Labute approximate surface area is 170 Å². The van der Waals surface area contributed by atoms with E-state index in [2.05, 4.69) is 15.6 Å². The molecule has 1 aromatic carbocycles. The summed E-state index contributed by atoms with van der Waals surface area (Å²) in [5.74, 6) is 2.06. The van der Waals surface area contributed by atoms with Crippen molar-refractivity contribution in [2.24, 2.45) is 17.8 Å². The van der Waals surface area contributed by atoms with Crippen molar-refractivity contribution in [3.05, 3.63) is 60.3 Å². The van der Waals surface area contributed by atoms with Gasteiger partial charge in [0.05, 0.1) is 0 Å². The van der Waals surface area contributed by atoms with Gasteiger partial charge in [0.2, 0.25) is 5.91 Å². The zero-order chi connectivity index (χ0) is 20.2. The molecule has 0 radical (unpaired) electrons. The van der Waals surface area contributed by atoms with Crippen LogP contribution in [0.1, 0.15) is 12.0 Å². The van der Waals surface area contributed by atoms with Gasteiger partial charge in [0.15, 0.2) is 0 Å². The number of aromatic nitrogens is 1. The number of nitrogen functional groups attached to an aromatic ring is 1. The fourth-order valence-electron chi connectivity index (χ4n) is 4.08. The number of pyridine rings is 1. The molecule has 3 amide bonds. The predicted octanol–water partition coefficient (Wildman–Crippen LogP) is 2.59. The van der Waals surface area contributed by atoms with E-state index in [1.807, 2.05) is 41.3 Å². The summed E-state index contributed by atoms with van der Waals surface area (Å²) in [6.45, 7) is 2.25. The van der Waals surface area contributed by atoms with Crippen LogP contribution in [0.25, 0.3) is 6.08 Å². The Hall–Kier alpha value is -3.35. The molecule has 0 spiro atoms. The molecule has 2 heterocycles. The van der Waals surface area contributed by atoms with Gasteiger partial charge in [-0.15, -0.1) is 0 Å². The molecule has 4 N–H and O–H groups in total. The number of nitrogens with one attached hydrogen (secondary N) is 2. The Morgan fingerprint density at radius 1 is 1.14 bits per heavy atom. The van der Waals surface area contributed by atoms with Crippen molar-refractivity contribution in [1.82, 2.24) is 15.2 Å². The van der Waals surface area contributed by atoms with E-state index < -0.39 is 0 Å². The van der Waals surface area contributed by atoms with Gasteiger partial charge in [-0.3, -0.25) is 4.79 Å². The highest BCUT2D eigenvalue weighted by molar-refractivity contribution is 5.91. The Kier molecular flexibility index (Phi) is 5.46. The summed E-state index contributed by atoms with van der Waals surface area (Å²) in [5, 5.41) is 5.87. The number of amides is 3. The highest BCUT2D eigenvalue weighted by Gasteiger charge is 2.55. The molecule has 1 aliphatic heterocycles. The number of piperidine rings is 1. The van der Waals surface area contributed by atoms with Gasteiger partial charge < -0.3 is 21.3 Å².